The number of nitrogens with one attached hydrogen (secondary N) is 3. The number of aromatic amines is 2. The van der Waals surface area contributed by atoms with Gasteiger partial charge in [0.25, 0.3) is 11.5 Å². The van der Waals surface area contributed by atoms with E-state index in [1.165, 1.54) is 6.07 Å². The number of rotatable bonds is 5. The molecular weight excluding hydrogens is 425 g/mol. The van der Waals surface area contributed by atoms with Crippen molar-refractivity contribution in [3.05, 3.63) is 81.4 Å². The summed E-state index contributed by atoms with van der Waals surface area (Å²) in [5, 5.41) is 7.31. The van der Waals surface area contributed by atoms with Gasteiger partial charge in [-0.05, 0) is 18.6 Å². The van der Waals surface area contributed by atoms with Crippen LogP contribution < -0.4 is 10.9 Å². The van der Waals surface area contributed by atoms with E-state index in [1.54, 1.807) is 13.1 Å². The molecule has 3 aromatic heterocycles. The van der Waals surface area contributed by atoms with Gasteiger partial charge in [0.15, 0.2) is 5.69 Å². The van der Waals surface area contributed by atoms with Crippen LogP contribution in [-0.4, -0.2) is 30.6 Å². The van der Waals surface area contributed by atoms with Crippen molar-refractivity contribution in [1.29, 1.82) is 0 Å². The molecule has 0 saturated heterocycles. The van der Waals surface area contributed by atoms with Crippen molar-refractivity contribution in [1.82, 2.24) is 30.0 Å². The first-order chi connectivity index (χ1) is 15.1. The molecule has 0 fully saturated rings. The lowest BCUT2D eigenvalue weighted by Gasteiger charge is -2.18. The minimum absolute atomic E-state index is 0.255. The smallest absolute Gasteiger partial charge is 0.361 e. The summed E-state index contributed by atoms with van der Waals surface area (Å²) in [6.45, 7) is 1.60. The molecule has 0 spiro atoms. The number of carbonyl (C=O) groups is 1. The van der Waals surface area contributed by atoms with Crippen molar-refractivity contribution in [2.45, 2.75) is 25.6 Å². The van der Waals surface area contributed by atoms with E-state index in [9.17, 15) is 22.8 Å². The van der Waals surface area contributed by atoms with Gasteiger partial charge in [-0.15, -0.1) is 0 Å². The molecule has 11 heteroatoms. The molecule has 1 atom stereocenters. The van der Waals surface area contributed by atoms with Crippen molar-refractivity contribution in [3.63, 3.8) is 0 Å². The van der Waals surface area contributed by atoms with Gasteiger partial charge < -0.3 is 15.3 Å². The van der Waals surface area contributed by atoms with E-state index in [2.05, 4.69) is 25.4 Å². The molecule has 1 amide bonds. The zero-order valence-corrected chi connectivity index (χ0v) is 17.1. The van der Waals surface area contributed by atoms with Gasteiger partial charge >= 0.3 is 6.18 Å². The molecular formula is C21H19F3N6O2. The number of halogens is 3. The molecule has 3 heterocycles. The van der Waals surface area contributed by atoms with Gasteiger partial charge in [-0.25, -0.2) is 4.98 Å². The number of aromatic nitrogens is 5. The van der Waals surface area contributed by atoms with E-state index < -0.39 is 29.4 Å². The first kappa shape index (κ1) is 21.3. The number of H-pyrrole nitrogens is 2. The van der Waals surface area contributed by atoms with Gasteiger partial charge in [-0.1, -0.05) is 18.2 Å². The third-order valence-corrected chi connectivity index (χ3v) is 5.04. The molecule has 4 rings (SSSR count). The van der Waals surface area contributed by atoms with Crippen LogP contribution in [0.15, 0.2) is 47.4 Å². The van der Waals surface area contributed by atoms with Gasteiger partial charge in [0.2, 0.25) is 0 Å². The van der Waals surface area contributed by atoms with E-state index >= 15 is 0 Å². The molecule has 0 radical (unpaired) electrons. The second kappa shape index (κ2) is 7.98. The van der Waals surface area contributed by atoms with Gasteiger partial charge in [-0.2, -0.15) is 18.3 Å². The normalized spacial score (nSPS) is 12.8. The number of benzene rings is 1. The minimum Gasteiger partial charge on any atom is -0.361 e. The number of carbonyl (C=O) groups excluding carboxylic acids is 1. The molecule has 0 aliphatic rings. The third-order valence-electron chi connectivity index (χ3n) is 5.04. The maximum Gasteiger partial charge on any atom is 0.433 e. The van der Waals surface area contributed by atoms with Crippen LogP contribution >= 0.6 is 0 Å². The van der Waals surface area contributed by atoms with Gasteiger partial charge in [0.05, 0.1) is 11.7 Å². The summed E-state index contributed by atoms with van der Waals surface area (Å²) in [5.74, 6) is -0.455. The molecule has 3 N–H and O–H groups in total. The number of fused-ring (bicyclic) bond motifs is 1. The lowest BCUT2D eigenvalue weighted by Crippen LogP contribution is -2.32. The van der Waals surface area contributed by atoms with Crippen LogP contribution in [0.2, 0.25) is 0 Å². The maximum absolute atomic E-state index is 13.1. The second-order valence-electron chi connectivity index (χ2n) is 7.38. The molecule has 1 unspecified atom stereocenters. The Kier molecular flexibility index (Phi) is 5.33. The number of amides is 1. The molecule has 8 nitrogen and oxygen atoms in total. The summed E-state index contributed by atoms with van der Waals surface area (Å²) in [6, 6.07) is 8.72. The van der Waals surface area contributed by atoms with Crippen LogP contribution in [0.4, 0.5) is 13.2 Å². The number of para-hydroxylation sites is 1. The zero-order valence-electron chi connectivity index (χ0n) is 17.1. The van der Waals surface area contributed by atoms with Crippen molar-refractivity contribution >= 4 is 16.8 Å². The summed E-state index contributed by atoms with van der Waals surface area (Å²) in [6.07, 6.45) is -2.61. The Morgan fingerprint density at radius 1 is 1.25 bits per heavy atom. The van der Waals surface area contributed by atoms with Gasteiger partial charge in [0.1, 0.15) is 11.5 Å². The third kappa shape index (κ3) is 4.27. The Morgan fingerprint density at radius 2 is 2.00 bits per heavy atom. The van der Waals surface area contributed by atoms with Crippen LogP contribution in [0.1, 0.15) is 39.3 Å². The van der Waals surface area contributed by atoms with E-state index in [0.717, 1.165) is 23.5 Å². The van der Waals surface area contributed by atoms with Crippen LogP contribution in [0.3, 0.4) is 0 Å². The van der Waals surface area contributed by atoms with Gasteiger partial charge in [-0.3, -0.25) is 14.3 Å². The van der Waals surface area contributed by atoms with Crippen molar-refractivity contribution < 1.29 is 18.0 Å². The Labute approximate surface area is 179 Å². The second-order valence-corrected chi connectivity index (χ2v) is 7.38. The summed E-state index contributed by atoms with van der Waals surface area (Å²) in [4.78, 5) is 34.8. The Morgan fingerprint density at radius 3 is 2.69 bits per heavy atom. The number of hydrogen-bond acceptors (Lipinski definition) is 4. The Balaban J connectivity index is 1.69. The molecule has 4 aromatic rings. The highest BCUT2D eigenvalue weighted by atomic mass is 19.4. The summed E-state index contributed by atoms with van der Waals surface area (Å²) in [7, 11) is 1.12. The molecule has 0 bridgehead atoms. The molecule has 0 aliphatic heterocycles. The molecule has 32 heavy (non-hydrogen) atoms. The first-order valence-corrected chi connectivity index (χ1v) is 9.67. The number of aryl methyl sites for hydroxylation is 2. The highest BCUT2D eigenvalue weighted by Crippen LogP contribution is 2.29. The van der Waals surface area contributed by atoms with Gasteiger partial charge in [0, 0.05) is 42.7 Å². The van der Waals surface area contributed by atoms with Crippen LogP contribution in [0, 0.1) is 6.92 Å². The van der Waals surface area contributed by atoms with Crippen LogP contribution in [0.5, 0.6) is 0 Å². The molecule has 0 saturated carbocycles. The number of alkyl halides is 3. The van der Waals surface area contributed by atoms with E-state index in [4.69, 9.17) is 0 Å². The lowest BCUT2D eigenvalue weighted by molar-refractivity contribution is -0.143. The van der Waals surface area contributed by atoms with Crippen molar-refractivity contribution in [3.8, 4) is 0 Å². The number of hydrogen-bond donors (Lipinski definition) is 3. The Bertz CT molecular complexity index is 1350. The topological polar surface area (TPSA) is 108 Å². The lowest BCUT2D eigenvalue weighted by atomic mass is 10.0. The fraction of sp³-hybridized carbons (Fsp3) is 0.238. The average Bonchev–Trinajstić information content (AvgIpc) is 3.30. The summed E-state index contributed by atoms with van der Waals surface area (Å²) in [5.41, 5.74) is 0.204. The average molecular weight is 444 g/mol. The molecule has 0 aliphatic carbocycles. The van der Waals surface area contributed by atoms with Crippen molar-refractivity contribution in [2.75, 3.05) is 0 Å². The van der Waals surface area contributed by atoms with Crippen LogP contribution in [0.25, 0.3) is 10.9 Å². The first-order valence-electron chi connectivity index (χ1n) is 9.67. The van der Waals surface area contributed by atoms with E-state index in [0.29, 0.717) is 16.6 Å². The standard InChI is InChI=1S/C21H19F3N6O2/c1-11-26-16(9-19(31)27-11)15(7-12-10-25-14-6-4-3-5-13(12)14)28-20(32)17-8-18(21(22,23)24)30(2)29-17/h3-6,8-10,15,25H,7H2,1-2H3,(H,28,32)(H,26,27,31). The Hall–Kier alpha value is -3.89. The van der Waals surface area contributed by atoms with Crippen molar-refractivity contribution in [2.24, 2.45) is 7.05 Å². The van der Waals surface area contributed by atoms with Crippen LogP contribution in [-0.2, 0) is 19.6 Å². The molecule has 166 valence electrons. The minimum atomic E-state index is -4.64. The maximum atomic E-state index is 13.1. The monoisotopic (exact) mass is 444 g/mol. The largest absolute Gasteiger partial charge is 0.433 e. The van der Waals surface area contributed by atoms with E-state index in [1.807, 2.05) is 24.3 Å². The quantitative estimate of drug-likeness (QED) is 0.440. The summed E-state index contributed by atoms with van der Waals surface area (Å²) >= 11 is 0. The predicted octanol–water partition coefficient (Wildman–Crippen LogP) is 3.03. The highest BCUT2D eigenvalue weighted by Gasteiger charge is 2.36. The zero-order chi connectivity index (χ0) is 23.0. The molecule has 1 aromatic carbocycles. The highest BCUT2D eigenvalue weighted by molar-refractivity contribution is 5.92. The number of nitrogens with zero attached hydrogens (tertiary/aromatic N) is 3. The predicted molar refractivity (Wildman–Crippen MR) is 110 cm³/mol. The SMILES string of the molecule is Cc1nc(C(Cc2c[nH]c3ccccc23)NC(=O)c2cc(C(F)(F)F)n(C)n2)cc(=O)[nH]1. The fourth-order valence-corrected chi connectivity index (χ4v) is 3.61. The fourth-order valence-electron chi connectivity index (χ4n) is 3.61. The van der Waals surface area contributed by atoms with E-state index in [-0.39, 0.29) is 17.8 Å². The summed E-state index contributed by atoms with van der Waals surface area (Å²) < 4.78 is 39.9.